The zero-order valence-corrected chi connectivity index (χ0v) is 14.7. The van der Waals surface area contributed by atoms with E-state index in [0.29, 0.717) is 30.6 Å². The van der Waals surface area contributed by atoms with E-state index in [2.05, 4.69) is 26.0 Å². The van der Waals surface area contributed by atoms with Crippen molar-refractivity contribution in [2.75, 3.05) is 26.1 Å². The van der Waals surface area contributed by atoms with E-state index in [0.717, 1.165) is 24.3 Å². The van der Waals surface area contributed by atoms with Gasteiger partial charge in [-0.1, -0.05) is 26.0 Å². The molecule has 0 spiro atoms. The summed E-state index contributed by atoms with van der Waals surface area (Å²) >= 11 is 0. The molecule has 4 nitrogen and oxygen atoms in total. The average Bonchev–Trinajstić information content (AvgIpc) is 2.59. The smallest absolute Gasteiger partial charge is 0.162 e. The van der Waals surface area contributed by atoms with Crippen LogP contribution in [-0.4, -0.2) is 20.3 Å². The van der Waals surface area contributed by atoms with Crippen LogP contribution in [0.25, 0.3) is 0 Å². The molecule has 0 amide bonds. The van der Waals surface area contributed by atoms with Crippen LogP contribution < -0.4 is 19.9 Å². The number of hydrogen-bond acceptors (Lipinski definition) is 4. The lowest BCUT2D eigenvalue weighted by molar-refractivity contribution is 0.258. The van der Waals surface area contributed by atoms with Gasteiger partial charge in [0.25, 0.3) is 0 Å². The molecule has 0 aliphatic carbocycles. The molecule has 0 bridgehead atoms. The lowest BCUT2D eigenvalue weighted by atomic mass is 10.0. The quantitative estimate of drug-likeness (QED) is 0.538. The van der Waals surface area contributed by atoms with Gasteiger partial charge in [-0.15, -0.1) is 0 Å². The Morgan fingerprint density at radius 3 is 2.17 bits per heavy atom. The molecule has 0 saturated heterocycles. The van der Waals surface area contributed by atoms with Gasteiger partial charge in [0.05, 0.1) is 20.3 Å². The summed E-state index contributed by atoms with van der Waals surface area (Å²) in [6.07, 6.45) is 1.85. The second-order valence-electron chi connectivity index (χ2n) is 6.04. The Labute approximate surface area is 144 Å². The second-order valence-corrected chi connectivity index (χ2v) is 6.04. The molecule has 0 aliphatic heterocycles. The Morgan fingerprint density at radius 2 is 1.54 bits per heavy atom. The van der Waals surface area contributed by atoms with E-state index in [9.17, 15) is 0 Å². The summed E-state index contributed by atoms with van der Waals surface area (Å²) in [5.74, 6) is 2.84. The summed E-state index contributed by atoms with van der Waals surface area (Å²) in [7, 11) is 1.61. The number of nitrogen functional groups attached to an aromatic ring is 1. The Hall–Kier alpha value is -2.36. The van der Waals surface area contributed by atoms with Crippen molar-refractivity contribution in [3.05, 3.63) is 48.0 Å². The van der Waals surface area contributed by atoms with Crippen molar-refractivity contribution in [2.24, 2.45) is 0 Å². The van der Waals surface area contributed by atoms with Gasteiger partial charge >= 0.3 is 0 Å². The fourth-order valence-electron chi connectivity index (χ4n) is 2.33. The molecule has 2 aromatic carbocycles. The molecule has 0 aromatic heterocycles. The number of methoxy groups -OCH3 is 1. The summed E-state index contributed by atoms with van der Waals surface area (Å²) in [4.78, 5) is 0. The van der Waals surface area contributed by atoms with Gasteiger partial charge in [0.15, 0.2) is 11.5 Å². The molecule has 2 aromatic rings. The van der Waals surface area contributed by atoms with Crippen LogP contribution in [0.5, 0.6) is 17.2 Å². The highest BCUT2D eigenvalue weighted by atomic mass is 16.5. The maximum absolute atomic E-state index is 5.76. The van der Waals surface area contributed by atoms with E-state index in [1.54, 1.807) is 13.2 Å². The molecule has 0 radical (unpaired) electrons. The van der Waals surface area contributed by atoms with Gasteiger partial charge in [0.2, 0.25) is 0 Å². The first-order valence-electron chi connectivity index (χ1n) is 8.39. The van der Waals surface area contributed by atoms with Crippen molar-refractivity contribution in [3.63, 3.8) is 0 Å². The molecule has 2 rings (SSSR count). The molecule has 4 heteroatoms. The van der Waals surface area contributed by atoms with E-state index in [4.69, 9.17) is 19.9 Å². The summed E-state index contributed by atoms with van der Waals surface area (Å²) < 4.78 is 16.8. The molecule has 0 unspecified atom stereocenters. The topological polar surface area (TPSA) is 53.7 Å². The molecular formula is C20H27NO3. The SMILES string of the molecule is COc1cc(N)ccc1OCCCCOc1ccc(C(C)C)cc1. The molecular weight excluding hydrogens is 302 g/mol. The Balaban J connectivity index is 1.66. The number of hydrogen-bond donors (Lipinski definition) is 1. The highest BCUT2D eigenvalue weighted by molar-refractivity contribution is 5.51. The summed E-state index contributed by atoms with van der Waals surface area (Å²) in [6.45, 7) is 5.68. The minimum Gasteiger partial charge on any atom is -0.494 e. The van der Waals surface area contributed by atoms with Crippen molar-refractivity contribution in [1.29, 1.82) is 0 Å². The Morgan fingerprint density at radius 1 is 0.875 bits per heavy atom. The van der Waals surface area contributed by atoms with Crippen LogP contribution in [0.4, 0.5) is 5.69 Å². The van der Waals surface area contributed by atoms with E-state index < -0.39 is 0 Å². The van der Waals surface area contributed by atoms with Gasteiger partial charge < -0.3 is 19.9 Å². The second kappa shape index (κ2) is 9.06. The van der Waals surface area contributed by atoms with Crippen LogP contribution in [0.3, 0.4) is 0 Å². The van der Waals surface area contributed by atoms with Crippen molar-refractivity contribution in [2.45, 2.75) is 32.6 Å². The number of nitrogens with two attached hydrogens (primary N) is 1. The van der Waals surface area contributed by atoms with E-state index in [1.807, 2.05) is 24.3 Å². The van der Waals surface area contributed by atoms with Gasteiger partial charge in [-0.05, 0) is 48.6 Å². The zero-order valence-electron chi connectivity index (χ0n) is 14.7. The molecule has 24 heavy (non-hydrogen) atoms. The van der Waals surface area contributed by atoms with Gasteiger partial charge in [-0.2, -0.15) is 0 Å². The van der Waals surface area contributed by atoms with E-state index >= 15 is 0 Å². The van der Waals surface area contributed by atoms with Crippen molar-refractivity contribution >= 4 is 5.69 Å². The third-order valence-corrected chi connectivity index (χ3v) is 3.80. The third kappa shape index (κ3) is 5.37. The maximum atomic E-state index is 5.76. The summed E-state index contributed by atoms with van der Waals surface area (Å²) in [5, 5.41) is 0. The minimum atomic E-state index is 0.543. The summed E-state index contributed by atoms with van der Waals surface area (Å²) in [5.41, 5.74) is 7.72. The van der Waals surface area contributed by atoms with E-state index in [1.165, 1.54) is 5.56 Å². The van der Waals surface area contributed by atoms with Gasteiger partial charge in [-0.25, -0.2) is 0 Å². The minimum absolute atomic E-state index is 0.543. The highest BCUT2D eigenvalue weighted by Crippen LogP contribution is 2.29. The fourth-order valence-corrected chi connectivity index (χ4v) is 2.33. The lowest BCUT2D eigenvalue weighted by Gasteiger charge is -2.11. The number of rotatable bonds is 9. The average molecular weight is 329 g/mol. The number of unbranched alkanes of at least 4 members (excludes halogenated alkanes) is 1. The lowest BCUT2D eigenvalue weighted by Crippen LogP contribution is -2.03. The largest absolute Gasteiger partial charge is 0.494 e. The molecule has 130 valence electrons. The van der Waals surface area contributed by atoms with Crippen LogP contribution in [0.15, 0.2) is 42.5 Å². The van der Waals surface area contributed by atoms with Gasteiger partial charge in [0, 0.05) is 11.8 Å². The standard InChI is InChI=1S/C20H27NO3/c1-15(2)16-6-9-18(10-7-16)23-12-4-5-13-24-19-11-8-17(21)14-20(19)22-3/h6-11,14-15H,4-5,12-13,21H2,1-3H3. The molecule has 0 fully saturated rings. The zero-order chi connectivity index (χ0) is 17.4. The predicted molar refractivity (Wildman–Crippen MR) is 98.2 cm³/mol. The highest BCUT2D eigenvalue weighted by Gasteiger charge is 2.04. The predicted octanol–water partition coefficient (Wildman–Crippen LogP) is 4.64. The molecule has 2 N–H and O–H groups in total. The number of ether oxygens (including phenoxy) is 3. The van der Waals surface area contributed by atoms with Crippen molar-refractivity contribution in [3.8, 4) is 17.2 Å². The molecule has 0 aliphatic rings. The van der Waals surface area contributed by atoms with Gasteiger partial charge in [0.1, 0.15) is 5.75 Å². The number of benzene rings is 2. The first-order chi connectivity index (χ1) is 11.6. The molecule has 0 atom stereocenters. The van der Waals surface area contributed by atoms with Crippen molar-refractivity contribution in [1.82, 2.24) is 0 Å². The first kappa shape index (κ1) is 18.0. The van der Waals surface area contributed by atoms with Gasteiger partial charge in [-0.3, -0.25) is 0 Å². The van der Waals surface area contributed by atoms with Crippen LogP contribution in [0.2, 0.25) is 0 Å². The Bertz CT molecular complexity index is 623. The molecule has 0 heterocycles. The summed E-state index contributed by atoms with van der Waals surface area (Å²) in [6, 6.07) is 13.7. The Kier molecular flexibility index (Phi) is 6.79. The van der Waals surface area contributed by atoms with E-state index in [-0.39, 0.29) is 0 Å². The monoisotopic (exact) mass is 329 g/mol. The number of anilines is 1. The fraction of sp³-hybridized carbons (Fsp3) is 0.400. The van der Waals surface area contributed by atoms with Crippen molar-refractivity contribution < 1.29 is 14.2 Å². The maximum Gasteiger partial charge on any atom is 0.162 e. The normalized spacial score (nSPS) is 10.7. The van der Waals surface area contributed by atoms with Crippen LogP contribution >= 0.6 is 0 Å². The van der Waals surface area contributed by atoms with Crippen LogP contribution in [-0.2, 0) is 0 Å². The third-order valence-electron chi connectivity index (χ3n) is 3.80. The first-order valence-corrected chi connectivity index (χ1v) is 8.39. The van der Waals surface area contributed by atoms with Crippen LogP contribution in [0.1, 0.15) is 38.2 Å². The molecule has 0 saturated carbocycles. The van der Waals surface area contributed by atoms with Crippen LogP contribution in [0, 0.1) is 0 Å².